The van der Waals surface area contributed by atoms with Crippen molar-refractivity contribution in [2.75, 3.05) is 19.8 Å². The van der Waals surface area contributed by atoms with Crippen molar-refractivity contribution in [3.63, 3.8) is 0 Å². The molecule has 2 rings (SSSR count). The van der Waals surface area contributed by atoms with E-state index in [4.69, 9.17) is 9.47 Å². The molecule has 1 N–H and O–H groups in total. The Bertz CT molecular complexity index is 458. The quantitative estimate of drug-likeness (QED) is 0.783. The molecule has 4 heteroatoms. The van der Waals surface area contributed by atoms with Crippen LogP contribution in [0.15, 0.2) is 22.7 Å². The lowest BCUT2D eigenvalue weighted by Gasteiger charge is -2.35. The van der Waals surface area contributed by atoms with Crippen molar-refractivity contribution in [3.8, 4) is 5.75 Å². The van der Waals surface area contributed by atoms with E-state index in [0.29, 0.717) is 6.61 Å². The lowest BCUT2D eigenvalue weighted by molar-refractivity contribution is -0.0131. The van der Waals surface area contributed by atoms with Crippen molar-refractivity contribution in [1.29, 1.82) is 0 Å². The van der Waals surface area contributed by atoms with Gasteiger partial charge in [0, 0.05) is 16.6 Å². The van der Waals surface area contributed by atoms with Crippen LogP contribution in [0.4, 0.5) is 0 Å². The van der Waals surface area contributed by atoms with Crippen LogP contribution in [-0.2, 0) is 4.74 Å². The number of ether oxygens (including phenoxy) is 2. The monoisotopic (exact) mass is 355 g/mol. The maximum atomic E-state index is 6.09. The normalized spacial score (nSPS) is 23.2. The number of rotatable bonds is 7. The van der Waals surface area contributed by atoms with Crippen LogP contribution in [0.2, 0.25) is 0 Å². The van der Waals surface area contributed by atoms with Gasteiger partial charge in [-0.2, -0.15) is 0 Å². The molecule has 1 heterocycles. The number of nitrogens with one attached hydrogen (secondary N) is 1. The van der Waals surface area contributed by atoms with Gasteiger partial charge in [0.2, 0.25) is 0 Å². The fourth-order valence-electron chi connectivity index (χ4n) is 3.00. The van der Waals surface area contributed by atoms with Crippen molar-refractivity contribution in [2.45, 2.75) is 51.7 Å². The molecule has 1 fully saturated rings. The molecule has 1 aliphatic heterocycles. The highest BCUT2D eigenvalue weighted by Crippen LogP contribution is 2.41. The second-order valence-corrected chi connectivity index (χ2v) is 6.68. The Balaban J connectivity index is 2.37. The SMILES string of the molecule is CCCNC(c1cc(Br)ccc1OCC)C1(C)CCCO1. The average Bonchev–Trinajstić information content (AvgIpc) is 2.90. The van der Waals surface area contributed by atoms with Gasteiger partial charge in [0.1, 0.15) is 5.75 Å². The molecule has 2 atom stereocenters. The van der Waals surface area contributed by atoms with E-state index in [2.05, 4.69) is 41.2 Å². The van der Waals surface area contributed by atoms with E-state index in [9.17, 15) is 0 Å². The Hall–Kier alpha value is -0.580. The first-order valence-electron chi connectivity index (χ1n) is 7.90. The molecule has 0 aromatic heterocycles. The zero-order valence-corrected chi connectivity index (χ0v) is 14.8. The largest absolute Gasteiger partial charge is 0.494 e. The minimum Gasteiger partial charge on any atom is -0.494 e. The third-order valence-electron chi connectivity index (χ3n) is 4.04. The van der Waals surface area contributed by atoms with Gasteiger partial charge in [-0.05, 0) is 57.9 Å². The molecule has 1 aromatic rings. The number of hydrogen-bond acceptors (Lipinski definition) is 3. The molecule has 0 bridgehead atoms. The van der Waals surface area contributed by atoms with Crippen LogP contribution >= 0.6 is 15.9 Å². The molecule has 118 valence electrons. The molecule has 1 saturated heterocycles. The lowest BCUT2D eigenvalue weighted by Crippen LogP contribution is -2.41. The first kappa shape index (κ1) is 16.8. The van der Waals surface area contributed by atoms with Crippen LogP contribution in [0.1, 0.15) is 51.6 Å². The Morgan fingerprint density at radius 3 is 2.86 bits per heavy atom. The van der Waals surface area contributed by atoms with Crippen LogP contribution in [0.25, 0.3) is 0 Å². The van der Waals surface area contributed by atoms with E-state index in [1.54, 1.807) is 0 Å². The highest BCUT2D eigenvalue weighted by atomic mass is 79.9. The van der Waals surface area contributed by atoms with Crippen molar-refractivity contribution in [1.82, 2.24) is 5.32 Å². The van der Waals surface area contributed by atoms with Gasteiger partial charge in [0.25, 0.3) is 0 Å². The van der Waals surface area contributed by atoms with Gasteiger partial charge in [-0.25, -0.2) is 0 Å². The summed E-state index contributed by atoms with van der Waals surface area (Å²) in [6, 6.07) is 6.38. The highest BCUT2D eigenvalue weighted by Gasteiger charge is 2.40. The molecule has 2 unspecified atom stereocenters. The van der Waals surface area contributed by atoms with Crippen LogP contribution in [0.5, 0.6) is 5.75 Å². The van der Waals surface area contributed by atoms with Gasteiger partial charge in [0.05, 0.1) is 18.2 Å². The molecular formula is C17H26BrNO2. The Morgan fingerprint density at radius 1 is 1.43 bits per heavy atom. The van der Waals surface area contributed by atoms with Crippen LogP contribution < -0.4 is 10.1 Å². The van der Waals surface area contributed by atoms with Gasteiger partial charge in [-0.15, -0.1) is 0 Å². The maximum absolute atomic E-state index is 6.09. The second-order valence-electron chi connectivity index (χ2n) is 5.77. The third-order valence-corrected chi connectivity index (χ3v) is 4.53. The summed E-state index contributed by atoms with van der Waals surface area (Å²) in [6.07, 6.45) is 3.30. The summed E-state index contributed by atoms with van der Waals surface area (Å²) in [7, 11) is 0. The number of halogens is 1. The molecule has 3 nitrogen and oxygen atoms in total. The van der Waals surface area contributed by atoms with Crippen molar-refractivity contribution in [3.05, 3.63) is 28.2 Å². The first-order valence-corrected chi connectivity index (χ1v) is 8.69. The third kappa shape index (κ3) is 3.99. The summed E-state index contributed by atoms with van der Waals surface area (Å²) in [5.41, 5.74) is 1.02. The van der Waals surface area contributed by atoms with Gasteiger partial charge in [0.15, 0.2) is 0 Å². The smallest absolute Gasteiger partial charge is 0.124 e. The summed E-state index contributed by atoms with van der Waals surface area (Å²) in [6.45, 7) is 8.91. The number of benzene rings is 1. The molecule has 1 aliphatic rings. The number of hydrogen-bond donors (Lipinski definition) is 1. The molecule has 0 radical (unpaired) electrons. The summed E-state index contributed by atoms with van der Waals surface area (Å²) in [5.74, 6) is 0.950. The fraction of sp³-hybridized carbons (Fsp3) is 0.647. The molecule has 0 saturated carbocycles. The standard InChI is InChI=1S/C17H26BrNO2/c1-4-10-19-16(17(3)9-6-11-21-17)14-12-13(18)7-8-15(14)20-5-2/h7-8,12,16,19H,4-6,9-11H2,1-3H3. The van der Waals surface area contributed by atoms with E-state index in [-0.39, 0.29) is 11.6 Å². The Labute approximate surface area is 136 Å². The highest BCUT2D eigenvalue weighted by molar-refractivity contribution is 9.10. The van der Waals surface area contributed by atoms with E-state index in [1.165, 1.54) is 5.56 Å². The van der Waals surface area contributed by atoms with E-state index in [0.717, 1.165) is 42.6 Å². The van der Waals surface area contributed by atoms with Gasteiger partial charge in [-0.3, -0.25) is 0 Å². The predicted molar refractivity (Wildman–Crippen MR) is 89.9 cm³/mol. The molecule has 0 amide bonds. The Morgan fingerprint density at radius 2 is 2.24 bits per heavy atom. The zero-order valence-electron chi connectivity index (χ0n) is 13.2. The second kappa shape index (κ2) is 7.61. The van der Waals surface area contributed by atoms with Gasteiger partial charge >= 0.3 is 0 Å². The molecule has 0 spiro atoms. The molecule has 0 aliphatic carbocycles. The minimum absolute atomic E-state index is 0.152. The van der Waals surface area contributed by atoms with E-state index < -0.39 is 0 Å². The Kier molecular flexibility index (Phi) is 6.08. The summed E-state index contributed by atoms with van der Waals surface area (Å²) < 4.78 is 13.0. The fourth-order valence-corrected chi connectivity index (χ4v) is 3.38. The van der Waals surface area contributed by atoms with Crippen molar-refractivity contribution in [2.24, 2.45) is 0 Å². The molecule has 1 aromatic carbocycles. The van der Waals surface area contributed by atoms with Crippen LogP contribution in [0.3, 0.4) is 0 Å². The average molecular weight is 356 g/mol. The van der Waals surface area contributed by atoms with Crippen LogP contribution in [-0.4, -0.2) is 25.4 Å². The van der Waals surface area contributed by atoms with E-state index >= 15 is 0 Å². The summed E-state index contributed by atoms with van der Waals surface area (Å²) in [4.78, 5) is 0. The molecule has 21 heavy (non-hydrogen) atoms. The lowest BCUT2D eigenvalue weighted by atomic mass is 9.87. The molecular weight excluding hydrogens is 330 g/mol. The van der Waals surface area contributed by atoms with Crippen LogP contribution in [0, 0.1) is 0 Å². The zero-order chi connectivity index (χ0) is 15.3. The van der Waals surface area contributed by atoms with Gasteiger partial charge < -0.3 is 14.8 Å². The minimum atomic E-state index is -0.165. The van der Waals surface area contributed by atoms with Crippen molar-refractivity contribution >= 4 is 15.9 Å². The van der Waals surface area contributed by atoms with Gasteiger partial charge in [-0.1, -0.05) is 22.9 Å². The maximum Gasteiger partial charge on any atom is 0.124 e. The van der Waals surface area contributed by atoms with Crippen molar-refractivity contribution < 1.29 is 9.47 Å². The first-order chi connectivity index (χ1) is 10.1. The topological polar surface area (TPSA) is 30.5 Å². The van der Waals surface area contributed by atoms with E-state index in [1.807, 2.05) is 19.1 Å². The summed E-state index contributed by atoms with van der Waals surface area (Å²) >= 11 is 3.59. The predicted octanol–water partition coefficient (Wildman–Crippen LogP) is 4.46. The summed E-state index contributed by atoms with van der Waals surface area (Å²) in [5, 5.41) is 3.67.